The molecule has 0 aliphatic rings. The quantitative estimate of drug-likeness (QED) is 0.931. The second-order valence-corrected chi connectivity index (χ2v) is 5.22. The van der Waals surface area contributed by atoms with Crippen LogP contribution in [0.15, 0.2) is 36.5 Å². The third-order valence-electron chi connectivity index (χ3n) is 3.38. The minimum Gasteiger partial charge on any atom is -0.320 e. The summed E-state index contributed by atoms with van der Waals surface area (Å²) in [5.41, 5.74) is 6.42. The number of nitrogens with two attached hydrogens (primary N) is 1. The Balaban J connectivity index is 2.36. The van der Waals surface area contributed by atoms with Crippen molar-refractivity contribution in [2.24, 2.45) is 5.73 Å². The van der Waals surface area contributed by atoms with Gasteiger partial charge >= 0.3 is 0 Å². The van der Waals surface area contributed by atoms with Gasteiger partial charge in [-0.15, -0.1) is 0 Å². The molecule has 1 aromatic carbocycles. The van der Waals surface area contributed by atoms with E-state index in [-0.39, 0.29) is 12.2 Å². The number of benzene rings is 1. The molecule has 5 heteroatoms. The highest BCUT2D eigenvalue weighted by atomic mass is 35.5. The van der Waals surface area contributed by atoms with Crippen LogP contribution in [0.25, 0.3) is 0 Å². The molecule has 0 bridgehead atoms. The molecule has 0 amide bonds. The zero-order valence-corrected chi connectivity index (χ0v) is 11.8. The molecule has 0 saturated heterocycles. The fourth-order valence-electron chi connectivity index (χ4n) is 2.09. The average Bonchev–Trinajstić information content (AvgIpc) is 2.43. The number of nitrogens with zero attached hydrogens (tertiary/aromatic N) is 1. The summed E-state index contributed by atoms with van der Waals surface area (Å²) in [4.78, 5) is 4.01. The first-order valence-electron chi connectivity index (χ1n) is 6.29. The summed E-state index contributed by atoms with van der Waals surface area (Å²) in [5.74, 6) is -0.791. The molecule has 0 spiro atoms. The molecule has 0 aliphatic heterocycles. The highest BCUT2D eigenvalue weighted by molar-refractivity contribution is 6.30. The Morgan fingerprint density at radius 3 is 2.60 bits per heavy atom. The van der Waals surface area contributed by atoms with E-state index in [1.165, 1.54) is 24.3 Å². The molecule has 1 atom stereocenters. The fourth-order valence-corrected chi connectivity index (χ4v) is 2.28. The van der Waals surface area contributed by atoms with E-state index < -0.39 is 11.4 Å². The Morgan fingerprint density at radius 1 is 1.25 bits per heavy atom. The van der Waals surface area contributed by atoms with E-state index >= 15 is 0 Å². The maximum Gasteiger partial charge on any atom is 0.141 e. The lowest BCUT2D eigenvalue weighted by molar-refractivity contribution is 0.403. The standard InChI is InChI=1S/C15H15ClF2N2/c1-2-15(19,14-6-4-12(17)9-20-14)8-10-7-11(16)3-5-13(10)18/h3-7,9H,2,8,19H2,1H3. The summed E-state index contributed by atoms with van der Waals surface area (Å²) >= 11 is 5.88. The first kappa shape index (κ1) is 14.9. The topological polar surface area (TPSA) is 38.9 Å². The van der Waals surface area contributed by atoms with Crippen molar-refractivity contribution in [1.82, 2.24) is 4.98 Å². The number of aromatic nitrogens is 1. The monoisotopic (exact) mass is 296 g/mol. The maximum absolute atomic E-state index is 13.8. The smallest absolute Gasteiger partial charge is 0.141 e. The van der Waals surface area contributed by atoms with Crippen LogP contribution >= 0.6 is 11.6 Å². The third-order valence-corrected chi connectivity index (χ3v) is 3.62. The van der Waals surface area contributed by atoms with Crippen molar-refractivity contribution >= 4 is 11.6 Å². The zero-order chi connectivity index (χ0) is 14.8. The number of rotatable bonds is 4. The largest absolute Gasteiger partial charge is 0.320 e. The molecule has 1 unspecified atom stereocenters. The molecule has 2 N–H and O–H groups in total. The summed E-state index contributed by atoms with van der Waals surface area (Å²) in [6.07, 6.45) is 1.90. The van der Waals surface area contributed by atoms with Crippen LogP contribution in [0.2, 0.25) is 5.02 Å². The van der Waals surface area contributed by atoms with E-state index in [4.69, 9.17) is 17.3 Å². The summed E-state index contributed by atoms with van der Waals surface area (Å²) in [5, 5.41) is 0.451. The molecule has 2 nitrogen and oxygen atoms in total. The molecular formula is C15H15ClF2N2. The van der Waals surface area contributed by atoms with Gasteiger partial charge in [0.1, 0.15) is 11.6 Å². The number of halogens is 3. The van der Waals surface area contributed by atoms with Crippen LogP contribution in [0.5, 0.6) is 0 Å². The first-order chi connectivity index (χ1) is 9.44. The molecule has 0 radical (unpaired) electrons. The number of pyridine rings is 1. The molecule has 1 aromatic heterocycles. The summed E-state index contributed by atoms with van der Waals surface area (Å²) in [7, 11) is 0. The van der Waals surface area contributed by atoms with Crippen LogP contribution in [-0.2, 0) is 12.0 Å². The molecule has 2 aromatic rings. The Morgan fingerprint density at radius 2 is 2.00 bits per heavy atom. The molecule has 20 heavy (non-hydrogen) atoms. The predicted molar refractivity (Wildman–Crippen MR) is 75.5 cm³/mol. The van der Waals surface area contributed by atoms with Gasteiger partial charge in [0.25, 0.3) is 0 Å². The lowest BCUT2D eigenvalue weighted by Gasteiger charge is -2.28. The highest BCUT2D eigenvalue weighted by Gasteiger charge is 2.28. The minimum atomic E-state index is -0.862. The molecular weight excluding hydrogens is 282 g/mol. The van der Waals surface area contributed by atoms with E-state index in [9.17, 15) is 8.78 Å². The number of hydrogen-bond acceptors (Lipinski definition) is 2. The third kappa shape index (κ3) is 3.14. The van der Waals surface area contributed by atoms with E-state index in [1.54, 1.807) is 6.07 Å². The van der Waals surface area contributed by atoms with Crippen LogP contribution in [0, 0.1) is 11.6 Å². The van der Waals surface area contributed by atoms with Crippen LogP contribution in [0.3, 0.4) is 0 Å². The van der Waals surface area contributed by atoms with Gasteiger partial charge in [-0.1, -0.05) is 18.5 Å². The van der Waals surface area contributed by atoms with E-state index in [1.807, 2.05) is 6.92 Å². The molecule has 106 valence electrons. The Hall–Kier alpha value is -1.52. The minimum absolute atomic E-state index is 0.245. The van der Waals surface area contributed by atoms with Crippen molar-refractivity contribution in [3.8, 4) is 0 Å². The van der Waals surface area contributed by atoms with Gasteiger partial charge in [-0.05, 0) is 48.7 Å². The van der Waals surface area contributed by atoms with Crippen molar-refractivity contribution in [3.63, 3.8) is 0 Å². The van der Waals surface area contributed by atoms with E-state index in [0.717, 1.165) is 6.20 Å². The second kappa shape index (κ2) is 5.85. The van der Waals surface area contributed by atoms with Gasteiger partial charge in [-0.2, -0.15) is 0 Å². The van der Waals surface area contributed by atoms with Crippen molar-refractivity contribution in [2.45, 2.75) is 25.3 Å². The zero-order valence-electron chi connectivity index (χ0n) is 11.0. The molecule has 0 fully saturated rings. The summed E-state index contributed by atoms with van der Waals surface area (Å²) in [6, 6.07) is 7.18. The van der Waals surface area contributed by atoms with Gasteiger partial charge in [0.2, 0.25) is 0 Å². The Bertz CT molecular complexity index is 601. The van der Waals surface area contributed by atoms with Crippen molar-refractivity contribution in [1.29, 1.82) is 0 Å². The van der Waals surface area contributed by atoms with Crippen molar-refractivity contribution < 1.29 is 8.78 Å². The van der Waals surface area contributed by atoms with Crippen LogP contribution in [0.1, 0.15) is 24.6 Å². The molecule has 2 rings (SSSR count). The van der Waals surface area contributed by atoms with E-state index in [0.29, 0.717) is 22.7 Å². The molecule has 0 saturated carbocycles. The highest BCUT2D eigenvalue weighted by Crippen LogP contribution is 2.27. The first-order valence-corrected chi connectivity index (χ1v) is 6.67. The predicted octanol–water partition coefficient (Wildman–Crippen LogP) is 3.82. The van der Waals surface area contributed by atoms with Gasteiger partial charge in [0.15, 0.2) is 0 Å². The van der Waals surface area contributed by atoms with Gasteiger partial charge < -0.3 is 5.73 Å². The molecule has 1 heterocycles. The van der Waals surface area contributed by atoms with Crippen molar-refractivity contribution in [2.75, 3.05) is 0 Å². The normalized spacial score (nSPS) is 14.1. The van der Waals surface area contributed by atoms with Crippen LogP contribution in [-0.4, -0.2) is 4.98 Å². The van der Waals surface area contributed by atoms with Gasteiger partial charge in [0, 0.05) is 5.02 Å². The lowest BCUT2D eigenvalue weighted by Crippen LogP contribution is -2.39. The maximum atomic E-state index is 13.8. The van der Waals surface area contributed by atoms with Gasteiger partial charge in [0.05, 0.1) is 17.4 Å². The summed E-state index contributed by atoms with van der Waals surface area (Å²) < 4.78 is 26.8. The van der Waals surface area contributed by atoms with Crippen molar-refractivity contribution in [3.05, 3.63) is 64.4 Å². The lowest BCUT2D eigenvalue weighted by atomic mass is 9.85. The summed E-state index contributed by atoms with van der Waals surface area (Å²) in [6.45, 7) is 1.88. The SMILES string of the molecule is CCC(N)(Cc1cc(Cl)ccc1F)c1ccc(F)cn1. The average molecular weight is 297 g/mol. The Kier molecular flexibility index (Phi) is 4.35. The van der Waals surface area contributed by atoms with E-state index in [2.05, 4.69) is 4.98 Å². The Labute approximate surface area is 121 Å². The van der Waals surface area contributed by atoms with Crippen LogP contribution in [0.4, 0.5) is 8.78 Å². The van der Waals surface area contributed by atoms with Gasteiger partial charge in [-0.25, -0.2) is 8.78 Å². The van der Waals surface area contributed by atoms with Gasteiger partial charge in [-0.3, -0.25) is 4.98 Å². The fraction of sp³-hybridized carbons (Fsp3) is 0.267. The second-order valence-electron chi connectivity index (χ2n) is 4.78. The molecule has 0 aliphatic carbocycles. The van der Waals surface area contributed by atoms with Crippen LogP contribution < -0.4 is 5.73 Å². The number of hydrogen-bond donors (Lipinski definition) is 1.